The van der Waals surface area contributed by atoms with Crippen LogP contribution in [0.3, 0.4) is 0 Å². The molecule has 0 fully saturated rings. The van der Waals surface area contributed by atoms with Gasteiger partial charge in [-0.3, -0.25) is 4.79 Å². The minimum absolute atomic E-state index is 0.113. The van der Waals surface area contributed by atoms with E-state index in [1.807, 2.05) is 6.07 Å². The lowest BCUT2D eigenvalue weighted by Crippen LogP contribution is -2.36. The Morgan fingerprint density at radius 2 is 1.95 bits per heavy atom. The monoisotopic (exact) mass is 274 g/mol. The number of rotatable bonds is 7. The Morgan fingerprint density at radius 1 is 1.30 bits per heavy atom. The Bertz CT molecular complexity index is 460. The van der Waals surface area contributed by atoms with Gasteiger partial charge in [0.2, 0.25) is 0 Å². The number of nitrogens with one attached hydrogen (secondary N) is 1. The standard InChI is InChI=1S/C16H22N2O2/c1-12(2)5-4-10-18-16(19)13(3)20-15-8-6-14(11-17)7-9-15/h6-9,12-13H,4-5,10H2,1-3H3,(H,18,19). The van der Waals surface area contributed by atoms with Crippen LogP contribution < -0.4 is 10.1 Å². The molecule has 4 heteroatoms. The fraction of sp³-hybridized carbons (Fsp3) is 0.500. The predicted molar refractivity (Wildman–Crippen MR) is 78.3 cm³/mol. The van der Waals surface area contributed by atoms with E-state index in [-0.39, 0.29) is 5.91 Å². The first kappa shape index (κ1) is 16.0. The van der Waals surface area contributed by atoms with Crippen LogP contribution in [-0.2, 0) is 4.79 Å². The predicted octanol–water partition coefficient (Wildman–Crippen LogP) is 2.88. The summed E-state index contributed by atoms with van der Waals surface area (Å²) in [4.78, 5) is 11.8. The van der Waals surface area contributed by atoms with Crippen molar-refractivity contribution in [1.82, 2.24) is 5.32 Å². The molecule has 1 amide bonds. The summed E-state index contributed by atoms with van der Waals surface area (Å²) < 4.78 is 5.53. The van der Waals surface area contributed by atoms with Gasteiger partial charge in [0.1, 0.15) is 5.75 Å². The molecule has 1 aromatic carbocycles. The zero-order valence-electron chi connectivity index (χ0n) is 12.3. The average molecular weight is 274 g/mol. The van der Waals surface area contributed by atoms with Gasteiger partial charge in [-0.2, -0.15) is 5.26 Å². The zero-order chi connectivity index (χ0) is 15.0. The van der Waals surface area contributed by atoms with E-state index >= 15 is 0 Å². The summed E-state index contributed by atoms with van der Waals surface area (Å²) in [6.07, 6.45) is 1.54. The lowest BCUT2D eigenvalue weighted by atomic mass is 10.1. The molecule has 0 aliphatic rings. The molecule has 1 aromatic rings. The number of nitrogens with zero attached hydrogens (tertiary/aromatic N) is 1. The van der Waals surface area contributed by atoms with Crippen molar-refractivity contribution < 1.29 is 9.53 Å². The van der Waals surface area contributed by atoms with Crippen LogP contribution in [0.5, 0.6) is 5.75 Å². The second-order valence-corrected chi connectivity index (χ2v) is 5.22. The van der Waals surface area contributed by atoms with E-state index in [1.54, 1.807) is 31.2 Å². The Labute approximate surface area is 120 Å². The minimum atomic E-state index is -0.540. The molecule has 0 aliphatic carbocycles. The lowest BCUT2D eigenvalue weighted by Gasteiger charge is -2.15. The molecule has 0 aliphatic heterocycles. The second kappa shape index (κ2) is 8.21. The number of nitriles is 1. The van der Waals surface area contributed by atoms with Gasteiger partial charge in [0.15, 0.2) is 6.10 Å². The molecule has 108 valence electrons. The van der Waals surface area contributed by atoms with E-state index in [0.717, 1.165) is 12.8 Å². The first-order chi connectivity index (χ1) is 9.52. The van der Waals surface area contributed by atoms with E-state index in [0.29, 0.717) is 23.8 Å². The van der Waals surface area contributed by atoms with E-state index in [1.165, 1.54) is 0 Å². The maximum absolute atomic E-state index is 11.8. The first-order valence-corrected chi connectivity index (χ1v) is 6.97. The van der Waals surface area contributed by atoms with Gasteiger partial charge in [-0.1, -0.05) is 13.8 Å². The number of hydrogen-bond acceptors (Lipinski definition) is 3. The average Bonchev–Trinajstić information content (AvgIpc) is 2.44. The molecule has 0 saturated carbocycles. The SMILES string of the molecule is CC(C)CCCNC(=O)C(C)Oc1ccc(C#N)cc1. The van der Waals surface area contributed by atoms with Gasteiger partial charge in [0, 0.05) is 6.54 Å². The Hall–Kier alpha value is -2.02. The molecule has 0 aromatic heterocycles. The number of ether oxygens (including phenoxy) is 1. The molecule has 0 spiro atoms. The minimum Gasteiger partial charge on any atom is -0.481 e. The van der Waals surface area contributed by atoms with Crippen LogP contribution in [0.1, 0.15) is 39.2 Å². The maximum atomic E-state index is 11.8. The molecule has 1 atom stereocenters. The second-order valence-electron chi connectivity index (χ2n) is 5.22. The van der Waals surface area contributed by atoms with Crippen molar-refractivity contribution in [2.75, 3.05) is 6.54 Å². The summed E-state index contributed by atoms with van der Waals surface area (Å²) in [5.74, 6) is 1.13. The summed E-state index contributed by atoms with van der Waals surface area (Å²) in [6, 6.07) is 8.77. The fourth-order valence-corrected chi connectivity index (χ4v) is 1.73. The highest BCUT2D eigenvalue weighted by Crippen LogP contribution is 2.13. The molecule has 0 heterocycles. The van der Waals surface area contributed by atoms with Gasteiger partial charge in [0.05, 0.1) is 11.6 Å². The van der Waals surface area contributed by atoms with Gasteiger partial charge in [-0.15, -0.1) is 0 Å². The Balaban J connectivity index is 2.35. The topological polar surface area (TPSA) is 62.1 Å². The summed E-state index contributed by atoms with van der Waals surface area (Å²) in [5, 5.41) is 11.6. The van der Waals surface area contributed by atoms with Crippen LogP contribution in [0.2, 0.25) is 0 Å². The highest BCUT2D eigenvalue weighted by Gasteiger charge is 2.13. The third kappa shape index (κ3) is 5.75. The quantitative estimate of drug-likeness (QED) is 0.778. The third-order valence-corrected chi connectivity index (χ3v) is 2.92. The van der Waals surface area contributed by atoms with Crippen molar-refractivity contribution >= 4 is 5.91 Å². The van der Waals surface area contributed by atoms with Gasteiger partial charge >= 0.3 is 0 Å². The van der Waals surface area contributed by atoms with E-state index in [9.17, 15) is 4.79 Å². The van der Waals surface area contributed by atoms with Crippen molar-refractivity contribution in [1.29, 1.82) is 5.26 Å². The van der Waals surface area contributed by atoms with Crippen LogP contribution >= 0.6 is 0 Å². The zero-order valence-corrected chi connectivity index (χ0v) is 12.3. The van der Waals surface area contributed by atoms with Crippen LogP contribution in [-0.4, -0.2) is 18.6 Å². The highest BCUT2D eigenvalue weighted by atomic mass is 16.5. The maximum Gasteiger partial charge on any atom is 0.260 e. The highest BCUT2D eigenvalue weighted by molar-refractivity contribution is 5.80. The molecular weight excluding hydrogens is 252 g/mol. The Morgan fingerprint density at radius 3 is 2.50 bits per heavy atom. The van der Waals surface area contributed by atoms with Gasteiger partial charge in [0.25, 0.3) is 5.91 Å². The van der Waals surface area contributed by atoms with Crippen molar-refractivity contribution in [2.45, 2.75) is 39.7 Å². The third-order valence-electron chi connectivity index (χ3n) is 2.92. The van der Waals surface area contributed by atoms with Crippen molar-refractivity contribution in [3.63, 3.8) is 0 Å². The van der Waals surface area contributed by atoms with Crippen molar-refractivity contribution in [3.8, 4) is 11.8 Å². The molecule has 0 bridgehead atoms. The van der Waals surface area contributed by atoms with Gasteiger partial charge in [-0.25, -0.2) is 0 Å². The number of carbonyl (C=O) groups is 1. The van der Waals surface area contributed by atoms with Crippen LogP contribution in [0.25, 0.3) is 0 Å². The largest absolute Gasteiger partial charge is 0.481 e. The van der Waals surface area contributed by atoms with Gasteiger partial charge in [-0.05, 0) is 49.9 Å². The molecule has 1 rings (SSSR count). The van der Waals surface area contributed by atoms with Gasteiger partial charge < -0.3 is 10.1 Å². The number of carbonyl (C=O) groups excluding carboxylic acids is 1. The van der Waals surface area contributed by atoms with Crippen molar-refractivity contribution in [3.05, 3.63) is 29.8 Å². The Kier molecular flexibility index (Phi) is 6.58. The van der Waals surface area contributed by atoms with Crippen LogP contribution in [0.4, 0.5) is 0 Å². The van der Waals surface area contributed by atoms with Crippen LogP contribution in [0, 0.1) is 17.2 Å². The lowest BCUT2D eigenvalue weighted by molar-refractivity contribution is -0.127. The molecule has 0 saturated heterocycles. The summed E-state index contributed by atoms with van der Waals surface area (Å²) >= 11 is 0. The number of amides is 1. The number of hydrogen-bond donors (Lipinski definition) is 1. The summed E-state index contributed by atoms with van der Waals surface area (Å²) in [7, 11) is 0. The molecule has 20 heavy (non-hydrogen) atoms. The van der Waals surface area contributed by atoms with E-state index in [2.05, 4.69) is 19.2 Å². The number of benzene rings is 1. The molecular formula is C16H22N2O2. The molecule has 0 radical (unpaired) electrons. The molecule has 4 nitrogen and oxygen atoms in total. The first-order valence-electron chi connectivity index (χ1n) is 6.97. The fourth-order valence-electron chi connectivity index (χ4n) is 1.73. The van der Waals surface area contributed by atoms with Crippen molar-refractivity contribution in [2.24, 2.45) is 5.92 Å². The van der Waals surface area contributed by atoms with Crippen LogP contribution in [0.15, 0.2) is 24.3 Å². The molecule has 1 unspecified atom stereocenters. The smallest absolute Gasteiger partial charge is 0.260 e. The van der Waals surface area contributed by atoms with E-state index < -0.39 is 6.10 Å². The molecule has 1 N–H and O–H groups in total. The summed E-state index contributed by atoms with van der Waals surface area (Å²) in [5.41, 5.74) is 0.572. The summed E-state index contributed by atoms with van der Waals surface area (Å²) in [6.45, 7) is 6.73. The normalized spacial score (nSPS) is 11.8. The van der Waals surface area contributed by atoms with E-state index in [4.69, 9.17) is 10.00 Å².